The van der Waals surface area contributed by atoms with Crippen LogP contribution in [-0.2, 0) is 6.42 Å². The maximum atomic E-state index is 11.8. The zero-order valence-corrected chi connectivity index (χ0v) is 11.7. The van der Waals surface area contributed by atoms with Crippen LogP contribution >= 0.6 is 0 Å². The molecule has 2 aromatic carbocycles. The Kier molecular flexibility index (Phi) is 5.18. The first kappa shape index (κ1) is 14.1. The maximum absolute atomic E-state index is 11.8. The van der Waals surface area contributed by atoms with Crippen molar-refractivity contribution in [1.29, 1.82) is 0 Å². The smallest absolute Gasteiger partial charge is 0.308 e. The molecule has 0 aliphatic rings. The lowest BCUT2D eigenvalue weighted by atomic mass is 10.1. The summed E-state index contributed by atoms with van der Waals surface area (Å²) in [6.07, 6.45) is 3.48. The summed E-state index contributed by atoms with van der Waals surface area (Å²) in [4.78, 5) is 11.8. The van der Waals surface area contributed by atoms with Crippen LogP contribution in [0.1, 0.15) is 25.3 Å². The molecular formula is C17H20N2O. The predicted octanol–water partition coefficient (Wildman–Crippen LogP) is 4.67. The van der Waals surface area contributed by atoms with E-state index in [9.17, 15) is 4.79 Å². The number of amides is 2. The van der Waals surface area contributed by atoms with Gasteiger partial charge >= 0.3 is 6.03 Å². The Morgan fingerprint density at radius 3 is 2.10 bits per heavy atom. The summed E-state index contributed by atoms with van der Waals surface area (Å²) in [7, 11) is 0. The first-order valence-corrected chi connectivity index (χ1v) is 7.00. The van der Waals surface area contributed by atoms with Gasteiger partial charge in [-0.2, -0.15) is 0 Å². The fraction of sp³-hybridized carbons (Fsp3) is 0.235. The first-order valence-electron chi connectivity index (χ1n) is 7.00. The second-order valence-electron chi connectivity index (χ2n) is 4.75. The Bertz CT molecular complexity index is 535. The normalized spacial score (nSPS) is 10.1. The standard InChI is InChI=1S/C17H20N2O/c1-2-3-7-14-10-12-16(13-11-14)19-17(20)18-15-8-5-4-6-9-15/h4-6,8-13H,2-3,7H2,1H3,(H2,18,19,20). The molecule has 0 bridgehead atoms. The van der Waals surface area contributed by atoms with Crippen molar-refractivity contribution in [1.82, 2.24) is 0 Å². The van der Waals surface area contributed by atoms with Gasteiger partial charge in [-0.05, 0) is 42.7 Å². The van der Waals surface area contributed by atoms with Crippen molar-refractivity contribution in [3.05, 3.63) is 60.2 Å². The summed E-state index contributed by atoms with van der Waals surface area (Å²) in [6, 6.07) is 17.2. The van der Waals surface area contributed by atoms with Crippen LogP contribution < -0.4 is 10.6 Å². The number of urea groups is 1. The van der Waals surface area contributed by atoms with E-state index < -0.39 is 0 Å². The molecule has 0 atom stereocenters. The van der Waals surface area contributed by atoms with Crippen LogP contribution in [0, 0.1) is 0 Å². The molecule has 2 N–H and O–H groups in total. The Balaban J connectivity index is 1.88. The van der Waals surface area contributed by atoms with Gasteiger partial charge in [-0.25, -0.2) is 4.79 Å². The monoisotopic (exact) mass is 268 g/mol. The molecule has 104 valence electrons. The number of nitrogens with one attached hydrogen (secondary N) is 2. The molecule has 2 rings (SSSR count). The van der Waals surface area contributed by atoms with E-state index in [4.69, 9.17) is 0 Å². The van der Waals surface area contributed by atoms with E-state index in [0.717, 1.165) is 17.8 Å². The molecule has 0 aliphatic carbocycles. The molecule has 2 amide bonds. The number of unbranched alkanes of at least 4 members (excludes halogenated alkanes) is 1. The summed E-state index contributed by atoms with van der Waals surface area (Å²) in [5.41, 5.74) is 2.89. The molecule has 0 saturated heterocycles. The highest BCUT2D eigenvalue weighted by Gasteiger charge is 2.02. The highest BCUT2D eigenvalue weighted by atomic mass is 16.2. The maximum Gasteiger partial charge on any atom is 0.323 e. The van der Waals surface area contributed by atoms with Gasteiger partial charge in [0.15, 0.2) is 0 Å². The highest BCUT2D eigenvalue weighted by Crippen LogP contribution is 2.12. The third-order valence-electron chi connectivity index (χ3n) is 3.06. The van der Waals surface area contributed by atoms with Gasteiger partial charge in [-0.15, -0.1) is 0 Å². The molecule has 0 saturated carbocycles. The molecule has 0 radical (unpaired) electrons. The molecule has 0 fully saturated rings. The molecule has 20 heavy (non-hydrogen) atoms. The van der Waals surface area contributed by atoms with Gasteiger partial charge in [0, 0.05) is 11.4 Å². The van der Waals surface area contributed by atoms with Crippen molar-refractivity contribution < 1.29 is 4.79 Å². The average Bonchev–Trinajstić information content (AvgIpc) is 2.47. The molecule has 3 nitrogen and oxygen atoms in total. The lowest BCUT2D eigenvalue weighted by Crippen LogP contribution is -2.19. The minimum absolute atomic E-state index is 0.225. The Morgan fingerprint density at radius 1 is 0.900 bits per heavy atom. The Morgan fingerprint density at radius 2 is 1.50 bits per heavy atom. The number of hydrogen-bond acceptors (Lipinski definition) is 1. The fourth-order valence-corrected chi connectivity index (χ4v) is 1.95. The second-order valence-corrected chi connectivity index (χ2v) is 4.75. The Labute approximate surface area is 120 Å². The van der Waals surface area contributed by atoms with Crippen molar-refractivity contribution >= 4 is 17.4 Å². The fourth-order valence-electron chi connectivity index (χ4n) is 1.95. The largest absolute Gasteiger partial charge is 0.323 e. The van der Waals surface area contributed by atoms with Gasteiger partial charge < -0.3 is 10.6 Å². The van der Waals surface area contributed by atoms with E-state index in [-0.39, 0.29) is 6.03 Å². The SMILES string of the molecule is CCCCc1ccc(NC(=O)Nc2ccccc2)cc1. The van der Waals surface area contributed by atoms with Crippen LogP contribution in [0.15, 0.2) is 54.6 Å². The quantitative estimate of drug-likeness (QED) is 0.812. The third kappa shape index (κ3) is 4.43. The number of hydrogen-bond donors (Lipinski definition) is 2. The number of anilines is 2. The summed E-state index contributed by atoms with van der Waals surface area (Å²) >= 11 is 0. The van der Waals surface area contributed by atoms with Crippen LogP contribution in [0.25, 0.3) is 0 Å². The number of carbonyl (C=O) groups excluding carboxylic acids is 1. The zero-order chi connectivity index (χ0) is 14.2. The van der Waals surface area contributed by atoms with Crippen LogP contribution in [0.4, 0.5) is 16.2 Å². The second kappa shape index (κ2) is 7.34. The van der Waals surface area contributed by atoms with Gasteiger partial charge in [0.2, 0.25) is 0 Å². The van der Waals surface area contributed by atoms with Crippen molar-refractivity contribution in [3.63, 3.8) is 0 Å². The van der Waals surface area contributed by atoms with Crippen molar-refractivity contribution in [3.8, 4) is 0 Å². The average molecular weight is 268 g/mol. The molecule has 0 unspecified atom stereocenters. The summed E-state index contributed by atoms with van der Waals surface area (Å²) in [5, 5.41) is 5.61. The van der Waals surface area contributed by atoms with Gasteiger partial charge in [-0.3, -0.25) is 0 Å². The number of benzene rings is 2. The van der Waals surface area contributed by atoms with Crippen LogP contribution in [0.5, 0.6) is 0 Å². The summed E-state index contributed by atoms with van der Waals surface area (Å²) < 4.78 is 0. The first-order chi connectivity index (χ1) is 9.78. The lowest BCUT2D eigenvalue weighted by molar-refractivity contribution is 0.262. The topological polar surface area (TPSA) is 41.1 Å². The minimum Gasteiger partial charge on any atom is -0.308 e. The Hall–Kier alpha value is -2.29. The number of rotatable bonds is 5. The van der Waals surface area contributed by atoms with Gasteiger partial charge in [0.1, 0.15) is 0 Å². The molecule has 0 aliphatic heterocycles. The summed E-state index contributed by atoms with van der Waals surface area (Å²) in [6.45, 7) is 2.18. The van der Waals surface area contributed by atoms with Crippen molar-refractivity contribution in [2.75, 3.05) is 10.6 Å². The third-order valence-corrected chi connectivity index (χ3v) is 3.06. The van der Waals surface area contributed by atoms with Crippen molar-refractivity contribution in [2.24, 2.45) is 0 Å². The van der Waals surface area contributed by atoms with E-state index in [1.165, 1.54) is 18.4 Å². The lowest BCUT2D eigenvalue weighted by Gasteiger charge is -2.08. The van der Waals surface area contributed by atoms with Crippen LogP contribution in [0.3, 0.4) is 0 Å². The van der Waals surface area contributed by atoms with E-state index in [0.29, 0.717) is 0 Å². The minimum atomic E-state index is -0.225. The molecule has 0 heterocycles. The van der Waals surface area contributed by atoms with Gasteiger partial charge in [0.05, 0.1) is 0 Å². The van der Waals surface area contributed by atoms with E-state index in [2.05, 4.69) is 29.7 Å². The molecule has 3 heteroatoms. The molecular weight excluding hydrogens is 248 g/mol. The summed E-state index contributed by atoms with van der Waals surface area (Å²) in [5.74, 6) is 0. The number of aryl methyl sites for hydroxylation is 1. The van der Waals surface area contributed by atoms with E-state index in [1.54, 1.807) is 0 Å². The number of carbonyl (C=O) groups is 1. The highest BCUT2D eigenvalue weighted by molar-refractivity contribution is 5.99. The van der Waals surface area contributed by atoms with Crippen LogP contribution in [-0.4, -0.2) is 6.03 Å². The van der Waals surface area contributed by atoms with E-state index >= 15 is 0 Å². The van der Waals surface area contributed by atoms with Gasteiger partial charge in [0.25, 0.3) is 0 Å². The van der Waals surface area contributed by atoms with Crippen LogP contribution in [0.2, 0.25) is 0 Å². The predicted molar refractivity (Wildman–Crippen MR) is 84.1 cm³/mol. The van der Waals surface area contributed by atoms with E-state index in [1.807, 2.05) is 42.5 Å². The van der Waals surface area contributed by atoms with Crippen molar-refractivity contribution in [2.45, 2.75) is 26.2 Å². The molecule has 0 spiro atoms. The van der Waals surface area contributed by atoms with Gasteiger partial charge in [-0.1, -0.05) is 43.7 Å². The molecule has 0 aromatic heterocycles. The zero-order valence-electron chi connectivity index (χ0n) is 11.7. The number of para-hydroxylation sites is 1. The molecule has 2 aromatic rings.